The van der Waals surface area contributed by atoms with Crippen molar-refractivity contribution in [3.63, 3.8) is 0 Å². The van der Waals surface area contributed by atoms with Crippen molar-refractivity contribution in [3.05, 3.63) is 0 Å². The molecule has 1 fully saturated rings. The first-order valence-corrected chi connectivity index (χ1v) is 5.12. The molecule has 1 aliphatic rings. The summed E-state index contributed by atoms with van der Waals surface area (Å²) in [6.07, 6.45) is 2.07. The number of rotatable bonds is 1. The zero-order chi connectivity index (χ0) is 9.56. The van der Waals surface area contributed by atoms with Crippen LogP contribution in [0.15, 0.2) is 0 Å². The van der Waals surface area contributed by atoms with E-state index in [9.17, 15) is 5.11 Å². The Kier molecular flexibility index (Phi) is 6.39. The minimum absolute atomic E-state index is 0.0730. The largest absolute Gasteiger partial charge is 0.392 e. The van der Waals surface area contributed by atoms with Crippen LogP contribution in [0.5, 0.6) is 0 Å². The van der Waals surface area contributed by atoms with Crippen molar-refractivity contribution in [2.24, 2.45) is 0 Å². The highest BCUT2D eigenvalue weighted by Crippen LogP contribution is 2.11. The highest BCUT2D eigenvalue weighted by atomic mass is 16.3. The number of likely N-dealkylation sites (tertiary alicyclic amines) is 1. The summed E-state index contributed by atoms with van der Waals surface area (Å²) >= 11 is 0. The number of hydrogen-bond acceptors (Lipinski definition) is 2. The van der Waals surface area contributed by atoms with Gasteiger partial charge in [-0.3, -0.25) is 4.90 Å². The average Bonchev–Trinajstić information content (AvgIpc) is 2.08. The molecule has 1 unspecified atom stereocenters. The van der Waals surface area contributed by atoms with E-state index in [4.69, 9.17) is 0 Å². The Morgan fingerprint density at radius 2 is 1.92 bits per heavy atom. The van der Waals surface area contributed by atoms with Gasteiger partial charge in [-0.25, -0.2) is 0 Å². The Hall–Kier alpha value is -0.0800. The first kappa shape index (κ1) is 11.9. The van der Waals surface area contributed by atoms with Crippen LogP contribution in [0.2, 0.25) is 0 Å². The molecular formula is C10H23NO. The Morgan fingerprint density at radius 1 is 1.33 bits per heavy atom. The molecule has 1 heterocycles. The quantitative estimate of drug-likeness (QED) is 0.654. The lowest BCUT2D eigenvalue weighted by Gasteiger charge is -2.32. The second-order valence-corrected chi connectivity index (χ2v) is 3.38. The van der Waals surface area contributed by atoms with Crippen LogP contribution in [0.1, 0.15) is 40.5 Å². The van der Waals surface area contributed by atoms with Gasteiger partial charge in [-0.15, -0.1) is 0 Å². The Bertz CT molecular complexity index is 104. The molecule has 1 saturated heterocycles. The minimum atomic E-state index is -0.0730. The lowest BCUT2D eigenvalue weighted by molar-refractivity contribution is 0.0547. The number of β-amino-alcohol motifs (C(OH)–C–C–N with tert-alkyl or cyclic N) is 1. The van der Waals surface area contributed by atoms with E-state index in [0.29, 0.717) is 6.04 Å². The van der Waals surface area contributed by atoms with Gasteiger partial charge in [0.05, 0.1) is 6.10 Å². The van der Waals surface area contributed by atoms with Crippen LogP contribution in [-0.4, -0.2) is 35.2 Å². The van der Waals surface area contributed by atoms with E-state index in [2.05, 4.69) is 18.7 Å². The molecule has 0 radical (unpaired) electrons. The van der Waals surface area contributed by atoms with Crippen LogP contribution < -0.4 is 0 Å². The standard InChI is InChI=1S/C8H17NO.C2H6/c1-7(2)9-5-3-4-8(10)6-9;1-2/h7-8,10H,3-6H2,1-2H3;1-2H3. The first-order valence-electron chi connectivity index (χ1n) is 5.12. The lowest BCUT2D eigenvalue weighted by atomic mass is 10.1. The summed E-state index contributed by atoms with van der Waals surface area (Å²) in [5.74, 6) is 0. The molecular weight excluding hydrogens is 150 g/mol. The zero-order valence-electron chi connectivity index (χ0n) is 8.88. The second kappa shape index (κ2) is 6.44. The van der Waals surface area contributed by atoms with Crippen LogP contribution in [0.25, 0.3) is 0 Å². The molecule has 1 atom stereocenters. The molecule has 1 N–H and O–H groups in total. The molecule has 1 rings (SSSR count). The third-order valence-electron chi connectivity index (χ3n) is 2.16. The fourth-order valence-electron chi connectivity index (χ4n) is 1.45. The van der Waals surface area contributed by atoms with Crippen molar-refractivity contribution in [3.8, 4) is 0 Å². The molecule has 0 amide bonds. The van der Waals surface area contributed by atoms with Gasteiger partial charge in [0.1, 0.15) is 0 Å². The summed E-state index contributed by atoms with van der Waals surface area (Å²) in [4.78, 5) is 2.33. The third kappa shape index (κ3) is 4.07. The van der Waals surface area contributed by atoms with Crippen LogP contribution >= 0.6 is 0 Å². The molecule has 0 aromatic carbocycles. The van der Waals surface area contributed by atoms with E-state index < -0.39 is 0 Å². The fourth-order valence-corrected chi connectivity index (χ4v) is 1.45. The maximum absolute atomic E-state index is 9.29. The number of piperidine rings is 1. The number of aliphatic hydroxyl groups excluding tert-OH is 1. The van der Waals surface area contributed by atoms with Crippen LogP contribution in [-0.2, 0) is 0 Å². The molecule has 2 nitrogen and oxygen atoms in total. The van der Waals surface area contributed by atoms with Crippen molar-refractivity contribution in [1.29, 1.82) is 0 Å². The van der Waals surface area contributed by atoms with E-state index >= 15 is 0 Å². The summed E-state index contributed by atoms with van der Waals surface area (Å²) in [5.41, 5.74) is 0. The van der Waals surface area contributed by atoms with Crippen molar-refractivity contribution in [2.75, 3.05) is 13.1 Å². The number of aliphatic hydroxyl groups is 1. The number of nitrogens with zero attached hydrogens (tertiary/aromatic N) is 1. The highest BCUT2D eigenvalue weighted by molar-refractivity contribution is 4.73. The summed E-state index contributed by atoms with van der Waals surface area (Å²) in [7, 11) is 0. The maximum atomic E-state index is 9.29. The molecule has 1 aliphatic heterocycles. The zero-order valence-corrected chi connectivity index (χ0v) is 8.88. The van der Waals surface area contributed by atoms with E-state index in [0.717, 1.165) is 25.9 Å². The molecule has 12 heavy (non-hydrogen) atoms. The maximum Gasteiger partial charge on any atom is 0.0667 e. The minimum Gasteiger partial charge on any atom is -0.392 e. The molecule has 0 aliphatic carbocycles. The number of hydrogen-bond donors (Lipinski definition) is 1. The normalized spacial score (nSPS) is 25.0. The van der Waals surface area contributed by atoms with Crippen LogP contribution in [0.4, 0.5) is 0 Å². The SMILES string of the molecule is CC.CC(C)N1CCCC(O)C1. The summed E-state index contributed by atoms with van der Waals surface area (Å²) < 4.78 is 0. The monoisotopic (exact) mass is 173 g/mol. The third-order valence-corrected chi connectivity index (χ3v) is 2.16. The molecule has 74 valence electrons. The predicted octanol–water partition coefficient (Wildman–Crippen LogP) is 1.88. The van der Waals surface area contributed by atoms with Gasteiger partial charge in [0.2, 0.25) is 0 Å². The van der Waals surface area contributed by atoms with Crippen molar-refractivity contribution in [2.45, 2.75) is 52.7 Å². The van der Waals surface area contributed by atoms with Gasteiger partial charge in [-0.1, -0.05) is 13.8 Å². The Labute approximate surface area is 76.6 Å². The van der Waals surface area contributed by atoms with Crippen molar-refractivity contribution >= 4 is 0 Å². The summed E-state index contributed by atoms with van der Waals surface area (Å²) in [5, 5.41) is 9.29. The Balaban J connectivity index is 0.000000561. The van der Waals surface area contributed by atoms with Gasteiger partial charge >= 0.3 is 0 Å². The van der Waals surface area contributed by atoms with E-state index in [1.54, 1.807) is 0 Å². The molecule has 2 heteroatoms. The summed E-state index contributed by atoms with van der Waals surface area (Å²) in [6.45, 7) is 10.4. The fraction of sp³-hybridized carbons (Fsp3) is 1.00. The average molecular weight is 173 g/mol. The van der Waals surface area contributed by atoms with Crippen molar-refractivity contribution < 1.29 is 5.11 Å². The van der Waals surface area contributed by atoms with E-state index in [1.165, 1.54) is 0 Å². The molecule has 0 aromatic rings. The Morgan fingerprint density at radius 3 is 2.25 bits per heavy atom. The molecule has 0 bridgehead atoms. The summed E-state index contributed by atoms with van der Waals surface area (Å²) in [6, 6.07) is 0.593. The lowest BCUT2D eigenvalue weighted by Crippen LogP contribution is -2.42. The van der Waals surface area contributed by atoms with Gasteiger partial charge in [-0.2, -0.15) is 0 Å². The van der Waals surface area contributed by atoms with Gasteiger partial charge in [0.15, 0.2) is 0 Å². The van der Waals surface area contributed by atoms with Gasteiger partial charge in [0.25, 0.3) is 0 Å². The smallest absolute Gasteiger partial charge is 0.0667 e. The van der Waals surface area contributed by atoms with Crippen LogP contribution in [0, 0.1) is 0 Å². The van der Waals surface area contributed by atoms with Gasteiger partial charge in [0, 0.05) is 12.6 Å². The van der Waals surface area contributed by atoms with E-state index in [1.807, 2.05) is 13.8 Å². The topological polar surface area (TPSA) is 23.5 Å². The van der Waals surface area contributed by atoms with Gasteiger partial charge < -0.3 is 5.11 Å². The molecule has 0 saturated carbocycles. The second-order valence-electron chi connectivity index (χ2n) is 3.38. The highest BCUT2D eigenvalue weighted by Gasteiger charge is 2.18. The first-order chi connectivity index (χ1) is 5.70. The van der Waals surface area contributed by atoms with Crippen molar-refractivity contribution in [1.82, 2.24) is 4.90 Å². The molecule has 0 spiro atoms. The van der Waals surface area contributed by atoms with Crippen LogP contribution in [0.3, 0.4) is 0 Å². The van der Waals surface area contributed by atoms with E-state index in [-0.39, 0.29) is 6.10 Å². The molecule has 0 aromatic heterocycles. The van der Waals surface area contributed by atoms with Gasteiger partial charge in [-0.05, 0) is 33.2 Å². The predicted molar refractivity (Wildman–Crippen MR) is 53.3 cm³/mol.